The number of carbonyl (C=O) groups is 1. The molecular weight excluding hydrogens is 366 g/mol. The van der Waals surface area contributed by atoms with E-state index in [0.29, 0.717) is 6.61 Å². The van der Waals surface area contributed by atoms with E-state index in [1.165, 1.54) is 0 Å². The molecule has 1 heterocycles. The number of aryl methyl sites for hydroxylation is 3. The lowest BCUT2D eigenvalue weighted by Gasteiger charge is -2.19. The van der Waals surface area contributed by atoms with Crippen LogP contribution in [0.15, 0.2) is 54.9 Å². The average Bonchev–Trinajstić information content (AvgIpc) is 3.11. The zero-order valence-corrected chi connectivity index (χ0v) is 17.3. The van der Waals surface area contributed by atoms with Crippen LogP contribution in [0.5, 0.6) is 11.5 Å². The fourth-order valence-electron chi connectivity index (χ4n) is 3.26. The Morgan fingerprint density at radius 1 is 1.10 bits per heavy atom. The molecule has 1 N–H and O–H groups in total. The van der Waals surface area contributed by atoms with E-state index >= 15 is 0 Å². The summed E-state index contributed by atoms with van der Waals surface area (Å²) < 4.78 is 12.9. The molecule has 6 nitrogen and oxygen atoms in total. The van der Waals surface area contributed by atoms with Crippen LogP contribution < -0.4 is 14.8 Å². The molecule has 1 aromatic heterocycles. The Bertz CT molecular complexity index is 944. The predicted octanol–water partition coefficient (Wildman–Crippen LogP) is 3.72. The van der Waals surface area contributed by atoms with Crippen molar-refractivity contribution in [2.45, 2.75) is 26.3 Å². The molecule has 0 aliphatic rings. The largest absolute Gasteiger partial charge is 0.497 e. The van der Waals surface area contributed by atoms with Gasteiger partial charge in [-0.05, 0) is 54.8 Å². The van der Waals surface area contributed by atoms with Gasteiger partial charge >= 0.3 is 0 Å². The van der Waals surface area contributed by atoms with Crippen molar-refractivity contribution in [3.05, 3.63) is 77.4 Å². The number of nitrogens with one attached hydrogen (secondary N) is 1. The molecule has 0 spiro atoms. The van der Waals surface area contributed by atoms with Crippen molar-refractivity contribution in [3.63, 3.8) is 0 Å². The molecule has 3 rings (SSSR count). The van der Waals surface area contributed by atoms with E-state index in [-0.39, 0.29) is 18.4 Å². The molecule has 0 aliphatic carbocycles. The van der Waals surface area contributed by atoms with Crippen LogP contribution in [0.25, 0.3) is 0 Å². The smallest absolute Gasteiger partial charge is 0.224 e. The monoisotopic (exact) mass is 393 g/mol. The highest BCUT2D eigenvalue weighted by Gasteiger charge is 2.20. The number of aromatic nitrogens is 2. The van der Waals surface area contributed by atoms with Gasteiger partial charge in [0.05, 0.1) is 20.1 Å². The number of methoxy groups -OCH3 is 1. The van der Waals surface area contributed by atoms with Crippen molar-refractivity contribution in [2.75, 3.05) is 13.7 Å². The summed E-state index contributed by atoms with van der Waals surface area (Å²) in [5.41, 5.74) is 3.21. The Balaban J connectivity index is 1.67. The summed E-state index contributed by atoms with van der Waals surface area (Å²) in [6.07, 6.45) is 3.84. The fourth-order valence-corrected chi connectivity index (χ4v) is 3.26. The topological polar surface area (TPSA) is 65.4 Å². The van der Waals surface area contributed by atoms with Crippen molar-refractivity contribution < 1.29 is 14.3 Å². The first-order valence-corrected chi connectivity index (χ1v) is 9.58. The van der Waals surface area contributed by atoms with E-state index in [1.54, 1.807) is 13.3 Å². The van der Waals surface area contributed by atoms with Crippen molar-refractivity contribution in [2.24, 2.45) is 7.05 Å². The van der Waals surface area contributed by atoms with Gasteiger partial charge in [-0.2, -0.15) is 0 Å². The second-order valence-electron chi connectivity index (χ2n) is 7.09. The summed E-state index contributed by atoms with van der Waals surface area (Å²) in [6, 6.07) is 13.3. The van der Waals surface area contributed by atoms with Gasteiger partial charge in [-0.15, -0.1) is 0 Å². The Labute approximate surface area is 171 Å². The number of carbonyl (C=O) groups excluding carboxylic acids is 1. The number of amides is 1. The van der Waals surface area contributed by atoms with Gasteiger partial charge in [0.15, 0.2) is 0 Å². The summed E-state index contributed by atoms with van der Waals surface area (Å²) >= 11 is 0. The lowest BCUT2D eigenvalue weighted by molar-refractivity contribution is -0.122. The maximum absolute atomic E-state index is 12.6. The number of hydrogen-bond acceptors (Lipinski definition) is 4. The van der Waals surface area contributed by atoms with Crippen molar-refractivity contribution in [1.29, 1.82) is 0 Å². The Hall–Kier alpha value is -3.28. The van der Waals surface area contributed by atoms with Crippen molar-refractivity contribution >= 4 is 5.91 Å². The third-order valence-corrected chi connectivity index (χ3v) is 4.66. The van der Waals surface area contributed by atoms with E-state index in [4.69, 9.17) is 9.47 Å². The molecular formula is C23H27N3O3. The molecule has 0 bridgehead atoms. The maximum Gasteiger partial charge on any atom is 0.224 e. The summed E-state index contributed by atoms with van der Waals surface area (Å²) in [6.45, 7) is 4.36. The molecule has 0 saturated carbocycles. The van der Waals surface area contributed by atoms with E-state index in [0.717, 1.165) is 34.0 Å². The fraction of sp³-hybridized carbons (Fsp3) is 0.304. The first-order chi connectivity index (χ1) is 14.0. The zero-order valence-electron chi connectivity index (χ0n) is 17.3. The molecule has 2 aromatic carbocycles. The summed E-state index contributed by atoms with van der Waals surface area (Å²) in [7, 11) is 3.54. The minimum atomic E-state index is -0.352. The van der Waals surface area contributed by atoms with Crippen molar-refractivity contribution in [3.8, 4) is 11.5 Å². The third-order valence-electron chi connectivity index (χ3n) is 4.66. The summed E-state index contributed by atoms with van der Waals surface area (Å²) in [4.78, 5) is 17.0. The maximum atomic E-state index is 12.6. The highest BCUT2D eigenvalue weighted by molar-refractivity contribution is 5.77. The molecule has 0 aliphatic heterocycles. The number of imidazole rings is 1. The highest BCUT2D eigenvalue weighted by atomic mass is 16.5. The molecule has 1 amide bonds. The second kappa shape index (κ2) is 9.28. The van der Waals surface area contributed by atoms with Gasteiger partial charge in [-0.3, -0.25) is 4.79 Å². The molecule has 0 radical (unpaired) electrons. The van der Waals surface area contributed by atoms with Gasteiger partial charge in [0.2, 0.25) is 5.91 Å². The lowest BCUT2D eigenvalue weighted by atomic mass is 10.1. The van der Waals surface area contributed by atoms with Crippen LogP contribution in [0.4, 0.5) is 0 Å². The number of hydrogen-bond donors (Lipinski definition) is 1. The lowest BCUT2D eigenvalue weighted by Crippen LogP contribution is -2.32. The van der Waals surface area contributed by atoms with Crippen LogP contribution >= 0.6 is 0 Å². The van der Waals surface area contributed by atoms with Gasteiger partial charge in [-0.1, -0.05) is 18.2 Å². The number of benzene rings is 2. The standard InChI is InChI=1S/C23H27N3O3/c1-16-13-17(2)15-20(14-16)29-12-9-21(27)25-22(23-24-10-11-26(23)3)18-5-7-19(28-4)8-6-18/h5-8,10-11,13-15,22H,9,12H2,1-4H3,(H,25,27). The quantitative estimate of drug-likeness (QED) is 0.633. The van der Waals surface area contributed by atoms with E-state index in [2.05, 4.69) is 16.4 Å². The summed E-state index contributed by atoms with van der Waals surface area (Å²) in [5.74, 6) is 2.21. The normalized spacial score (nSPS) is 11.7. The Kier molecular flexibility index (Phi) is 6.54. The number of nitrogens with zero attached hydrogens (tertiary/aromatic N) is 2. The van der Waals surface area contributed by atoms with Crippen LogP contribution in [0, 0.1) is 13.8 Å². The Morgan fingerprint density at radius 2 is 1.79 bits per heavy atom. The van der Waals surface area contributed by atoms with Gasteiger partial charge in [-0.25, -0.2) is 4.98 Å². The Morgan fingerprint density at radius 3 is 2.38 bits per heavy atom. The van der Waals surface area contributed by atoms with Crippen LogP contribution in [-0.2, 0) is 11.8 Å². The third kappa shape index (κ3) is 5.38. The van der Waals surface area contributed by atoms with Crippen LogP contribution in [0.3, 0.4) is 0 Å². The van der Waals surface area contributed by atoms with Gasteiger partial charge in [0.25, 0.3) is 0 Å². The van der Waals surface area contributed by atoms with E-state index in [1.807, 2.05) is 68.1 Å². The van der Waals surface area contributed by atoms with Crippen LogP contribution in [0.2, 0.25) is 0 Å². The van der Waals surface area contributed by atoms with Crippen molar-refractivity contribution in [1.82, 2.24) is 14.9 Å². The number of rotatable bonds is 8. The SMILES string of the molecule is COc1ccc(C(NC(=O)CCOc2cc(C)cc(C)c2)c2nccn2C)cc1. The minimum Gasteiger partial charge on any atom is -0.497 e. The van der Waals surface area contributed by atoms with Gasteiger partial charge in [0.1, 0.15) is 23.4 Å². The molecule has 0 saturated heterocycles. The minimum absolute atomic E-state index is 0.0989. The van der Waals surface area contributed by atoms with E-state index in [9.17, 15) is 4.79 Å². The van der Waals surface area contributed by atoms with E-state index < -0.39 is 0 Å². The predicted molar refractivity (Wildman–Crippen MR) is 112 cm³/mol. The molecule has 1 atom stereocenters. The number of ether oxygens (including phenoxy) is 2. The zero-order chi connectivity index (χ0) is 20.8. The molecule has 6 heteroatoms. The molecule has 29 heavy (non-hydrogen) atoms. The van der Waals surface area contributed by atoms with Gasteiger partial charge < -0.3 is 19.4 Å². The second-order valence-corrected chi connectivity index (χ2v) is 7.09. The molecule has 152 valence electrons. The first-order valence-electron chi connectivity index (χ1n) is 9.58. The molecule has 0 fully saturated rings. The summed E-state index contributed by atoms with van der Waals surface area (Å²) in [5, 5.41) is 3.08. The highest BCUT2D eigenvalue weighted by Crippen LogP contribution is 2.23. The van der Waals surface area contributed by atoms with Crippen LogP contribution in [0.1, 0.15) is 35.0 Å². The average molecular weight is 393 g/mol. The molecule has 1 unspecified atom stereocenters. The first kappa shape index (κ1) is 20.5. The van der Waals surface area contributed by atoms with Crippen LogP contribution in [-0.4, -0.2) is 29.2 Å². The van der Waals surface area contributed by atoms with Gasteiger partial charge in [0, 0.05) is 19.4 Å². The molecule has 3 aromatic rings.